The molecule has 0 radical (unpaired) electrons. The average molecular weight is 282 g/mol. The summed E-state index contributed by atoms with van der Waals surface area (Å²) in [6.07, 6.45) is 3.05. The molecule has 0 spiro atoms. The molecule has 1 saturated carbocycles. The van der Waals surface area contributed by atoms with Crippen molar-refractivity contribution in [3.8, 4) is 5.75 Å². The van der Waals surface area contributed by atoms with Gasteiger partial charge < -0.3 is 15.8 Å². The number of hydrogen-bond acceptors (Lipinski definition) is 5. The van der Waals surface area contributed by atoms with E-state index in [1.165, 1.54) is 11.3 Å². The lowest BCUT2D eigenvalue weighted by molar-refractivity contribution is 0.0972. The zero-order chi connectivity index (χ0) is 14.0. The molecule has 0 unspecified atom stereocenters. The minimum atomic E-state index is 0.0444. The van der Waals surface area contributed by atoms with Crippen LogP contribution in [0.15, 0.2) is 0 Å². The number of rotatable bonds is 7. The van der Waals surface area contributed by atoms with Gasteiger partial charge in [-0.15, -0.1) is 11.3 Å². The predicted octanol–water partition coefficient (Wildman–Crippen LogP) is 3.53. The van der Waals surface area contributed by atoms with Crippen molar-refractivity contribution in [3.05, 3.63) is 4.88 Å². The lowest BCUT2D eigenvalue weighted by atomic mass is 10.2. The number of nitrogens with one attached hydrogen (secondary N) is 1. The summed E-state index contributed by atoms with van der Waals surface area (Å²) in [5, 5.41) is 4.19. The number of ketones is 1. The predicted molar refractivity (Wildman–Crippen MR) is 80.3 cm³/mol. The molecule has 1 aliphatic carbocycles. The maximum absolute atomic E-state index is 12.2. The number of nitrogens with two attached hydrogens (primary N) is 1. The van der Waals surface area contributed by atoms with Crippen LogP contribution >= 0.6 is 11.3 Å². The van der Waals surface area contributed by atoms with E-state index in [1.54, 1.807) is 0 Å². The Kier molecular flexibility index (Phi) is 4.34. The highest BCUT2D eigenvalue weighted by Gasteiger charge is 2.34. The normalized spacial score (nSPS) is 14.7. The Balaban J connectivity index is 2.28. The molecular weight excluding hydrogens is 260 g/mol. The highest BCUT2D eigenvalue weighted by Crippen LogP contribution is 2.46. The monoisotopic (exact) mass is 282 g/mol. The molecule has 2 rings (SSSR count). The fourth-order valence-electron chi connectivity index (χ4n) is 1.85. The van der Waals surface area contributed by atoms with Gasteiger partial charge in [0.15, 0.2) is 11.5 Å². The highest BCUT2D eigenvalue weighted by atomic mass is 32.1. The summed E-state index contributed by atoms with van der Waals surface area (Å²) in [6.45, 7) is 6.88. The number of nitrogen functional groups attached to an aromatic ring is 1. The van der Waals surface area contributed by atoms with Crippen LogP contribution in [0.4, 0.5) is 10.7 Å². The van der Waals surface area contributed by atoms with Crippen molar-refractivity contribution in [1.82, 2.24) is 0 Å². The van der Waals surface area contributed by atoms with Gasteiger partial charge in [0.25, 0.3) is 0 Å². The molecule has 5 heteroatoms. The smallest absolute Gasteiger partial charge is 0.178 e. The van der Waals surface area contributed by atoms with Gasteiger partial charge in [-0.3, -0.25) is 4.79 Å². The molecule has 1 heterocycles. The van der Waals surface area contributed by atoms with E-state index in [2.05, 4.69) is 12.2 Å². The van der Waals surface area contributed by atoms with Crippen LogP contribution in [0, 0.1) is 5.92 Å². The molecule has 0 aliphatic heterocycles. The van der Waals surface area contributed by atoms with Crippen molar-refractivity contribution < 1.29 is 9.53 Å². The van der Waals surface area contributed by atoms with Gasteiger partial charge in [-0.05, 0) is 33.1 Å². The first-order chi connectivity index (χ1) is 9.04. The maximum Gasteiger partial charge on any atom is 0.178 e. The summed E-state index contributed by atoms with van der Waals surface area (Å²) >= 11 is 1.43. The van der Waals surface area contributed by atoms with Crippen molar-refractivity contribution in [2.75, 3.05) is 17.6 Å². The molecule has 0 amide bonds. The molecule has 0 saturated heterocycles. The molecule has 4 nitrogen and oxygen atoms in total. The molecule has 1 aromatic rings. The third-order valence-electron chi connectivity index (χ3n) is 2.96. The van der Waals surface area contributed by atoms with Crippen LogP contribution in [0.3, 0.4) is 0 Å². The molecule has 0 atom stereocenters. The van der Waals surface area contributed by atoms with Crippen molar-refractivity contribution in [2.45, 2.75) is 46.1 Å². The van der Waals surface area contributed by atoms with Crippen molar-refractivity contribution in [2.24, 2.45) is 5.92 Å². The Morgan fingerprint density at radius 2 is 2.21 bits per heavy atom. The summed E-state index contributed by atoms with van der Waals surface area (Å²) in [6, 6.07) is 0. The van der Waals surface area contributed by atoms with Gasteiger partial charge in [-0.1, -0.05) is 6.92 Å². The summed E-state index contributed by atoms with van der Waals surface area (Å²) in [5.41, 5.74) is 6.62. The van der Waals surface area contributed by atoms with Gasteiger partial charge in [0.2, 0.25) is 0 Å². The van der Waals surface area contributed by atoms with E-state index in [0.29, 0.717) is 16.3 Å². The van der Waals surface area contributed by atoms with E-state index in [4.69, 9.17) is 10.5 Å². The molecule has 1 aliphatic rings. The highest BCUT2D eigenvalue weighted by molar-refractivity contribution is 7.19. The first kappa shape index (κ1) is 14.2. The topological polar surface area (TPSA) is 64.4 Å². The third kappa shape index (κ3) is 3.21. The van der Waals surface area contributed by atoms with Crippen LogP contribution in [0.5, 0.6) is 5.75 Å². The standard InChI is InChI=1S/C14H22N2O2S/c1-4-7-16-14-12(18-8(2)3)10(15)13(19-14)11(17)9-5-6-9/h8-9,16H,4-7,15H2,1-3H3. The second-order valence-corrected chi connectivity index (χ2v) is 6.26. The molecule has 0 aromatic carbocycles. The van der Waals surface area contributed by atoms with Crippen molar-refractivity contribution >= 4 is 27.8 Å². The minimum absolute atomic E-state index is 0.0444. The molecular formula is C14H22N2O2S. The third-order valence-corrected chi connectivity index (χ3v) is 4.12. The van der Waals surface area contributed by atoms with Crippen LogP contribution in [-0.2, 0) is 0 Å². The van der Waals surface area contributed by atoms with Gasteiger partial charge >= 0.3 is 0 Å². The summed E-state index contributed by atoms with van der Waals surface area (Å²) in [4.78, 5) is 12.9. The minimum Gasteiger partial charge on any atom is -0.486 e. The Labute approximate surface area is 118 Å². The first-order valence-electron chi connectivity index (χ1n) is 6.91. The van der Waals surface area contributed by atoms with E-state index in [9.17, 15) is 4.79 Å². The largest absolute Gasteiger partial charge is 0.486 e. The van der Waals surface area contributed by atoms with Gasteiger partial charge in [0.05, 0.1) is 16.7 Å². The van der Waals surface area contributed by atoms with Gasteiger partial charge in [-0.25, -0.2) is 0 Å². The quantitative estimate of drug-likeness (QED) is 0.751. The Morgan fingerprint density at radius 3 is 2.74 bits per heavy atom. The lowest BCUT2D eigenvalue weighted by Gasteiger charge is -2.12. The Morgan fingerprint density at radius 1 is 1.53 bits per heavy atom. The number of ether oxygens (including phenoxy) is 1. The number of anilines is 2. The Bertz CT molecular complexity index is 464. The zero-order valence-corrected chi connectivity index (χ0v) is 12.6. The van der Waals surface area contributed by atoms with Crippen molar-refractivity contribution in [1.29, 1.82) is 0 Å². The van der Waals surface area contributed by atoms with Crippen LogP contribution in [-0.4, -0.2) is 18.4 Å². The van der Waals surface area contributed by atoms with Crippen molar-refractivity contribution in [3.63, 3.8) is 0 Å². The van der Waals surface area contributed by atoms with Crippen LogP contribution in [0.1, 0.15) is 49.7 Å². The van der Waals surface area contributed by atoms with Gasteiger partial charge in [0.1, 0.15) is 5.00 Å². The average Bonchev–Trinajstić information content (AvgIpc) is 3.15. The molecule has 19 heavy (non-hydrogen) atoms. The van der Waals surface area contributed by atoms with Gasteiger partial charge in [0, 0.05) is 12.5 Å². The molecule has 106 valence electrons. The van der Waals surface area contributed by atoms with E-state index >= 15 is 0 Å². The second-order valence-electron chi connectivity index (χ2n) is 5.24. The number of Topliss-reactive ketones (excluding diaryl/α,β-unsaturated/α-hetero) is 1. The zero-order valence-electron chi connectivity index (χ0n) is 11.8. The number of carbonyl (C=O) groups excluding carboxylic acids is 1. The number of thiophene rings is 1. The molecule has 1 aromatic heterocycles. The first-order valence-corrected chi connectivity index (χ1v) is 7.73. The fourth-order valence-corrected chi connectivity index (χ4v) is 2.95. The summed E-state index contributed by atoms with van der Waals surface area (Å²) in [7, 11) is 0. The van der Waals surface area contributed by atoms with E-state index in [-0.39, 0.29) is 17.8 Å². The molecule has 0 bridgehead atoms. The van der Waals surface area contributed by atoms with Crippen LogP contribution in [0.25, 0.3) is 0 Å². The van der Waals surface area contributed by atoms with Crippen LogP contribution in [0.2, 0.25) is 0 Å². The van der Waals surface area contributed by atoms with Gasteiger partial charge in [-0.2, -0.15) is 0 Å². The summed E-state index contributed by atoms with van der Waals surface area (Å²) in [5.74, 6) is 1.02. The number of carbonyl (C=O) groups is 1. The fraction of sp³-hybridized carbons (Fsp3) is 0.643. The van der Waals surface area contributed by atoms with E-state index in [0.717, 1.165) is 30.8 Å². The SMILES string of the molecule is CCCNc1sc(C(=O)C2CC2)c(N)c1OC(C)C. The Hall–Kier alpha value is -1.23. The van der Waals surface area contributed by atoms with E-state index in [1.807, 2.05) is 13.8 Å². The lowest BCUT2D eigenvalue weighted by Crippen LogP contribution is -2.09. The summed E-state index contributed by atoms with van der Waals surface area (Å²) < 4.78 is 5.77. The maximum atomic E-state index is 12.2. The second kappa shape index (κ2) is 5.82. The molecule has 3 N–H and O–H groups in total. The van der Waals surface area contributed by atoms with E-state index < -0.39 is 0 Å². The van der Waals surface area contributed by atoms with Crippen LogP contribution < -0.4 is 15.8 Å². The molecule has 1 fully saturated rings. The number of hydrogen-bond donors (Lipinski definition) is 2.